The van der Waals surface area contributed by atoms with Gasteiger partial charge < -0.3 is 10.2 Å². The van der Waals surface area contributed by atoms with Crippen LogP contribution in [0.15, 0.2) is 54.9 Å². The number of nitrogens with zero attached hydrogens (tertiary/aromatic N) is 2. The van der Waals surface area contributed by atoms with Gasteiger partial charge in [0.25, 0.3) is 0 Å². The summed E-state index contributed by atoms with van der Waals surface area (Å²) in [6, 6.07) is 12.4. The van der Waals surface area contributed by atoms with Crippen LogP contribution in [0.25, 0.3) is 6.08 Å². The van der Waals surface area contributed by atoms with Crippen molar-refractivity contribution in [3.05, 3.63) is 66.0 Å². The molecule has 2 atom stereocenters. The number of carbonyl (C=O) groups is 1. The van der Waals surface area contributed by atoms with Crippen molar-refractivity contribution in [3.63, 3.8) is 0 Å². The number of anilines is 1. The standard InChI is InChI=1S/C22H25N3O/c1-16-5-2-3-7-21(16)25-14-19-18(20(19)15-25)10-12-24-22(26)9-8-17-6-4-11-23-13-17/h2-9,11,13,18-20H,10,12,14-15H2,1H3,(H,24,26)/b9-8+. The summed E-state index contributed by atoms with van der Waals surface area (Å²) >= 11 is 0. The Balaban J connectivity index is 1.19. The van der Waals surface area contributed by atoms with Crippen molar-refractivity contribution >= 4 is 17.7 Å². The van der Waals surface area contributed by atoms with Gasteiger partial charge in [-0.05, 0) is 60.4 Å². The molecule has 2 aromatic rings. The second kappa shape index (κ2) is 7.32. The molecule has 1 saturated heterocycles. The number of hydrogen-bond donors (Lipinski definition) is 1. The Labute approximate surface area is 154 Å². The highest BCUT2D eigenvalue weighted by Crippen LogP contribution is 2.54. The molecule has 1 aliphatic heterocycles. The van der Waals surface area contributed by atoms with Gasteiger partial charge in [-0.3, -0.25) is 9.78 Å². The predicted octanol–water partition coefficient (Wildman–Crippen LogP) is 3.29. The van der Waals surface area contributed by atoms with Crippen LogP contribution in [0.5, 0.6) is 0 Å². The average Bonchev–Trinajstić information content (AvgIpc) is 3.11. The fourth-order valence-corrected chi connectivity index (χ4v) is 4.26. The molecule has 4 rings (SSSR count). The SMILES string of the molecule is Cc1ccccc1N1CC2C(CCNC(=O)/C=C/c3cccnc3)C2C1. The zero-order valence-corrected chi connectivity index (χ0v) is 15.1. The summed E-state index contributed by atoms with van der Waals surface area (Å²) in [7, 11) is 0. The van der Waals surface area contributed by atoms with Crippen LogP contribution >= 0.6 is 0 Å². The lowest BCUT2D eigenvalue weighted by Crippen LogP contribution is -2.27. The first-order valence-corrected chi connectivity index (χ1v) is 9.39. The van der Waals surface area contributed by atoms with Crippen LogP contribution in [0.2, 0.25) is 0 Å². The van der Waals surface area contributed by atoms with E-state index in [1.54, 1.807) is 24.5 Å². The number of carbonyl (C=O) groups excluding carboxylic acids is 1. The Kier molecular flexibility index (Phi) is 4.74. The van der Waals surface area contributed by atoms with E-state index >= 15 is 0 Å². The van der Waals surface area contributed by atoms with Crippen molar-refractivity contribution in [1.29, 1.82) is 0 Å². The van der Waals surface area contributed by atoms with Gasteiger partial charge in [0, 0.05) is 43.8 Å². The minimum Gasteiger partial charge on any atom is -0.371 e. The fourth-order valence-electron chi connectivity index (χ4n) is 4.26. The minimum absolute atomic E-state index is 0.0267. The van der Waals surface area contributed by atoms with Gasteiger partial charge in [0.05, 0.1) is 0 Å². The molecular formula is C22H25N3O. The van der Waals surface area contributed by atoms with Gasteiger partial charge in [-0.15, -0.1) is 0 Å². The Morgan fingerprint density at radius 1 is 1.23 bits per heavy atom. The summed E-state index contributed by atoms with van der Waals surface area (Å²) < 4.78 is 0. The van der Waals surface area contributed by atoms with E-state index in [-0.39, 0.29) is 5.91 Å². The molecule has 1 saturated carbocycles. The lowest BCUT2D eigenvalue weighted by Gasteiger charge is -2.23. The third-order valence-corrected chi connectivity index (χ3v) is 5.72. The third kappa shape index (κ3) is 3.64. The molecule has 4 nitrogen and oxygen atoms in total. The van der Waals surface area contributed by atoms with E-state index in [1.165, 1.54) is 11.3 Å². The van der Waals surface area contributed by atoms with E-state index in [2.05, 4.69) is 46.4 Å². The van der Waals surface area contributed by atoms with Gasteiger partial charge in [-0.25, -0.2) is 0 Å². The number of piperidine rings is 1. The molecule has 0 radical (unpaired) electrons. The number of amides is 1. The number of benzene rings is 1. The van der Waals surface area contributed by atoms with Crippen LogP contribution in [-0.4, -0.2) is 30.5 Å². The molecule has 1 aliphatic carbocycles. The second-order valence-electron chi connectivity index (χ2n) is 7.38. The molecule has 0 spiro atoms. The minimum atomic E-state index is -0.0267. The number of aromatic nitrogens is 1. The number of fused-ring (bicyclic) bond motifs is 1. The predicted molar refractivity (Wildman–Crippen MR) is 105 cm³/mol. The van der Waals surface area contributed by atoms with E-state index < -0.39 is 0 Å². The molecular weight excluding hydrogens is 322 g/mol. The van der Waals surface area contributed by atoms with Gasteiger partial charge in [-0.1, -0.05) is 24.3 Å². The summed E-state index contributed by atoms with van der Waals surface area (Å²) in [6.07, 6.45) is 7.95. The van der Waals surface area contributed by atoms with Gasteiger partial charge >= 0.3 is 0 Å². The van der Waals surface area contributed by atoms with Crippen molar-refractivity contribution < 1.29 is 4.79 Å². The van der Waals surface area contributed by atoms with Crippen LogP contribution in [0.1, 0.15) is 17.5 Å². The number of rotatable bonds is 6. The van der Waals surface area contributed by atoms with E-state index in [9.17, 15) is 4.79 Å². The zero-order chi connectivity index (χ0) is 17.9. The monoisotopic (exact) mass is 347 g/mol. The highest BCUT2D eigenvalue weighted by atomic mass is 16.1. The summed E-state index contributed by atoms with van der Waals surface area (Å²) in [5.41, 5.74) is 3.68. The first-order chi connectivity index (χ1) is 12.7. The number of pyridine rings is 1. The van der Waals surface area contributed by atoms with Crippen LogP contribution < -0.4 is 10.2 Å². The van der Waals surface area contributed by atoms with Crippen molar-refractivity contribution in [3.8, 4) is 0 Å². The van der Waals surface area contributed by atoms with Crippen molar-refractivity contribution in [1.82, 2.24) is 10.3 Å². The third-order valence-electron chi connectivity index (χ3n) is 5.72. The Bertz CT molecular complexity index is 790. The maximum absolute atomic E-state index is 11.9. The van der Waals surface area contributed by atoms with Gasteiger partial charge in [-0.2, -0.15) is 0 Å². The van der Waals surface area contributed by atoms with Crippen LogP contribution in [0.3, 0.4) is 0 Å². The first-order valence-electron chi connectivity index (χ1n) is 9.39. The Hall–Kier alpha value is -2.62. The van der Waals surface area contributed by atoms with E-state index in [4.69, 9.17) is 0 Å². The topological polar surface area (TPSA) is 45.2 Å². The molecule has 2 fully saturated rings. The first kappa shape index (κ1) is 16.8. The zero-order valence-electron chi connectivity index (χ0n) is 15.1. The van der Waals surface area contributed by atoms with E-state index in [1.807, 2.05) is 12.1 Å². The van der Waals surface area contributed by atoms with E-state index in [0.29, 0.717) is 0 Å². The van der Waals surface area contributed by atoms with E-state index in [0.717, 1.165) is 49.4 Å². The number of para-hydroxylation sites is 1. The molecule has 2 aliphatic rings. The quantitative estimate of drug-likeness (QED) is 0.816. The smallest absolute Gasteiger partial charge is 0.244 e. The molecule has 1 aromatic carbocycles. The second-order valence-corrected chi connectivity index (χ2v) is 7.38. The fraction of sp³-hybridized carbons (Fsp3) is 0.364. The van der Waals surface area contributed by atoms with Gasteiger partial charge in [0.1, 0.15) is 0 Å². The molecule has 1 aromatic heterocycles. The van der Waals surface area contributed by atoms with Crippen molar-refractivity contribution in [2.75, 3.05) is 24.5 Å². The lowest BCUT2D eigenvalue weighted by molar-refractivity contribution is -0.116. The molecule has 0 bridgehead atoms. The van der Waals surface area contributed by atoms with Gasteiger partial charge in [0.15, 0.2) is 0 Å². The van der Waals surface area contributed by atoms with Crippen molar-refractivity contribution in [2.45, 2.75) is 13.3 Å². The maximum atomic E-state index is 11.9. The maximum Gasteiger partial charge on any atom is 0.244 e. The molecule has 26 heavy (non-hydrogen) atoms. The Morgan fingerprint density at radius 3 is 2.77 bits per heavy atom. The highest BCUT2D eigenvalue weighted by molar-refractivity contribution is 5.91. The number of nitrogens with one attached hydrogen (secondary N) is 1. The largest absolute Gasteiger partial charge is 0.371 e. The Morgan fingerprint density at radius 2 is 2.04 bits per heavy atom. The summed E-state index contributed by atoms with van der Waals surface area (Å²) in [4.78, 5) is 18.5. The molecule has 4 heteroatoms. The highest BCUT2D eigenvalue weighted by Gasteiger charge is 2.54. The summed E-state index contributed by atoms with van der Waals surface area (Å²) in [5.74, 6) is 2.36. The molecule has 2 heterocycles. The lowest BCUT2D eigenvalue weighted by atomic mass is 10.1. The summed E-state index contributed by atoms with van der Waals surface area (Å²) in [6.45, 7) is 5.27. The van der Waals surface area contributed by atoms with Crippen LogP contribution in [-0.2, 0) is 4.79 Å². The average molecular weight is 347 g/mol. The van der Waals surface area contributed by atoms with Crippen LogP contribution in [0, 0.1) is 24.7 Å². The van der Waals surface area contributed by atoms with Crippen molar-refractivity contribution in [2.24, 2.45) is 17.8 Å². The van der Waals surface area contributed by atoms with Gasteiger partial charge in [0.2, 0.25) is 5.91 Å². The molecule has 1 N–H and O–H groups in total. The molecule has 134 valence electrons. The number of hydrogen-bond acceptors (Lipinski definition) is 3. The van der Waals surface area contributed by atoms with Crippen LogP contribution in [0.4, 0.5) is 5.69 Å². The molecule has 2 unspecified atom stereocenters. The summed E-state index contributed by atoms with van der Waals surface area (Å²) in [5, 5.41) is 3.01. The number of aryl methyl sites for hydroxylation is 1. The normalized spacial score (nSPS) is 23.9. The molecule has 1 amide bonds.